The molecule has 126 valence electrons. The number of aryl methyl sites for hydroxylation is 1. The van der Waals surface area contributed by atoms with Crippen LogP contribution in [0, 0.1) is 12.8 Å². The van der Waals surface area contributed by atoms with E-state index in [4.69, 9.17) is 4.42 Å². The van der Waals surface area contributed by atoms with Crippen molar-refractivity contribution in [3.63, 3.8) is 0 Å². The molecular formula is C18H25ClN2O2. The Labute approximate surface area is 143 Å². The van der Waals surface area contributed by atoms with Gasteiger partial charge in [0.1, 0.15) is 5.58 Å². The average molecular weight is 337 g/mol. The molecule has 1 saturated heterocycles. The molecule has 1 N–H and O–H groups in total. The van der Waals surface area contributed by atoms with Gasteiger partial charge in [0.15, 0.2) is 5.76 Å². The summed E-state index contributed by atoms with van der Waals surface area (Å²) in [4.78, 5) is 14.5. The van der Waals surface area contributed by atoms with Crippen LogP contribution in [0.4, 0.5) is 0 Å². The fraction of sp³-hybridized carbons (Fsp3) is 0.500. The maximum absolute atomic E-state index is 12.6. The van der Waals surface area contributed by atoms with Gasteiger partial charge in [0.05, 0.1) is 0 Å². The fourth-order valence-corrected chi connectivity index (χ4v) is 3.11. The van der Waals surface area contributed by atoms with Crippen LogP contribution in [0.1, 0.15) is 35.9 Å². The number of amides is 1. The summed E-state index contributed by atoms with van der Waals surface area (Å²) < 4.78 is 5.73. The summed E-state index contributed by atoms with van der Waals surface area (Å²) in [5, 5.41) is 4.40. The van der Waals surface area contributed by atoms with E-state index >= 15 is 0 Å². The molecule has 23 heavy (non-hydrogen) atoms. The summed E-state index contributed by atoms with van der Waals surface area (Å²) in [5.41, 5.74) is 1.97. The zero-order chi connectivity index (χ0) is 15.5. The minimum atomic E-state index is 0. The fourth-order valence-electron chi connectivity index (χ4n) is 3.11. The van der Waals surface area contributed by atoms with Crippen LogP contribution in [0.25, 0.3) is 11.0 Å². The second kappa shape index (κ2) is 7.84. The first kappa shape index (κ1) is 17.8. The first-order valence-electron chi connectivity index (χ1n) is 8.17. The van der Waals surface area contributed by atoms with Crippen molar-refractivity contribution >= 4 is 29.3 Å². The molecule has 1 aliphatic rings. The zero-order valence-corrected chi connectivity index (χ0v) is 14.6. The molecule has 0 unspecified atom stereocenters. The third-order valence-corrected chi connectivity index (χ3v) is 4.47. The Balaban J connectivity index is 0.00000192. The third-order valence-electron chi connectivity index (χ3n) is 4.47. The summed E-state index contributed by atoms with van der Waals surface area (Å²) in [6.07, 6.45) is 2.14. The lowest BCUT2D eigenvalue weighted by Gasteiger charge is -2.31. The van der Waals surface area contributed by atoms with E-state index in [0.29, 0.717) is 11.7 Å². The molecule has 0 saturated carbocycles. The SMILES string of the molecule is CCNCC1CCN(C(=O)c2cc3cc(C)ccc3o2)CC1.Cl. The van der Waals surface area contributed by atoms with Crippen molar-refractivity contribution in [2.45, 2.75) is 26.7 Å². The van der Waals surface area contributed by atoms with Gasteiger partial charge >= 0.3 is 0 Å². The third kappa shape index (κ3) is 4.06. The molecule has 2 aromatic rings. The highest BCUT2D eigenvalue weighted by atomic mass is 35.5. The number of nitrogens with zero attached hydrogens (tertiary/aromatic N) is 1. The number of carbonyl (C=O) groups is 1. The predicted molar refractivity (Wildman–Crippen MR) is 95.4 cm³/mol. The van der Waals surface area contributed by atoms with Gasteiger partial charge in [0.2, 0.25) is 0 Å². The summed E-state index contributed by atoms with van der Waals surface area (Å²) in [6, 6.07) is 7.87. The summed E-state index contributed by atoms with van der Waals surface area (Å²) in [6.45, 7) is 7.89. The highest BCUT2D eigenvalue weighted by molar-refractivity contribution is 5.96. The molecule has 1 aromatic carbocycles. The maximum Gasteiger partial charge on any atom is 0.289 e. The normalized spacial score (nSPS) is 15.7. The van der Waals surface area contributed by atoms with Crippen LogP contribution in [-0.2, 0) is 0 Å². The lowest BCUT2D eigenvalue weighted by atomic mass is 9.96. The monoisotopic (exact) mass is 336 g/mol. The van der Waals surface area contributed by atoms with Crippen molar-refractivity contribution < 1.29 is 9.21 Å². The number of benzene rings is 1. The van der Waals surface area contributed by atoms with E-state index in [-0.39, 0.29) is 18.3 Å². The molecule has 0 spiro atoms. The van der Waals surface area contributed by atoms with Crippen molar-refractivity contribution in [3.8, 4) is 0 Å². The van der Waals surface area contributed by atoms with Crippen molar-refractivity contribution in [1.82, 2.24) is 10.2 Å². The Morgan fingerprint density at radius 1 is 1.30 bits per heavy atom. The van der Waals surface area contributed by atoms with E-state index < -0.39 is 0 Å². The van der Waals surface area contributed by atoms with E-state index in [1.54, 1.807) is 0 Å². The molecule has 0 radical (unpaired) electrons. The molecule has 1 aromatic heterocycles. The van der Waals surface area contributed by atoms with Crippen LogP contribution in [0.2, 0.25) is 0 Å². The molecule has 0 atom stereocenters. The summed E-state index contributed by atoms with van der Waals surface area (Å²) in [7, 11) is 0. The standard InChI is InChI=1S/C18H24N2O2.ClH/c1-3-19-12-14-6-8-20(9-7-14)18(21)17-11-15-10-13(2)4-5-16(15)22-17;/h4-5,10-11,14,19H,3,6-9,12H2,1-2H3;1H. The minimum absolute atomic E-state index is 0. The van der Waals surface area contributed by atoms with Crippen molar-refractivity contribution in [2.24, 2.45) is 5.92 Å². The first-order chi connectivity index (χ1) is 10.7. The van der Waals surface area contributed by atoms with Gasteiger partial charge in [-0.2, -0.15) is 0 Å². The molecule has 3 rings (SSSR count). The van der Waals surface area contributed by atoms with Gasteiger partial charge in [0.25, 0.3) is 5.91 Å². The van der Waals surface area contributed by atoms with Crippen LogP contribution in [-0.4, -0.2) is 37.0 Å². The lowest BCUT2D eigenvalue weighted by Crippen LogP contribution is -2.40. The van der Waals surface area contributed by atoms with Gasteiger partial charge in [0, 0.05) is 18.5 Å². The van der Waals surface area contributed by atoms with Crippen LogP contribution in [0.15, 0.2) is 28.7 Å². The second-order valence-electron chi connectivity index (χ2n) is 6.20. The Morgan fingerprint density at radius 2 is 2.04 bits per heavy atom. The van der Waals surface area contributed by atoms with E-state index in [9.17, 15) is 4.79 Å². The number of hydrogen-bond acceptors (Lipinski definition) is 3. The highest BCUT2D eigenvalue weighted by Crippen LogP contribution is 2.24. The number of carbonyl (C=O) groups excluding carboxylic acids is 1. The van der Waals surface area contributed by atoms with Gasteiger partial charge in [-0.15, -0.1) is 12.4 Å². The Bertz CT molecular complexity index is 660. The van der Waals surface area contributed by atoms with Crippen LogP contribution in [0.3, 0.4) is 0 Å². The van der Waals surface area contributed by atoms with Gasteiger partial charge < -0.3 is 14.6 Å². The minimum Gasteiger partial charge on any atom is -0.451 e. The zero-order valence-electron chi connectivity index (χ0n) is 13.8. The molecule has 2 heterocycles. The van der Waals surface area contributed by atoms with E-state index in [1.807, 2.05) is 30.0 Å². The Morgan fingerprint density at radius 3 is 2.74 bits per heavy atom. The van der Waals surface area contributed by atoms with E-state index in [0.717, 1.165) is 50.0 Å². The van der Waals surface area contributed by atoms with Crippen molar-refractivity contribution in [1.29, 1.82) is 0 Å². The number of halogens is 1. The predicted octanol–water partition coefficient (Wildman–Crippen LogP) is 3.62. The van der Waals surface area contributed by atoms with Gasteiger partial charge in [-0.3, -0.25) is 4.79 Å². The molecule has 0 bridgehead atoms. The Kier molecular flexibility index (Phi) is 6.08. The number of fused-ring (bicyclic) bond motifs is 1. The molecule has 1 aliphatic heterocycles. The molecule has 0 aliphatic carbocycles. The summed E-state index contributed by atoms with van der Waals surface area (Å²) in [5.74, 6) is 1.17. The average Bonchev–Trinajstić information content (AvgIpc) is 2.95. The van der Waals surface area contributed by atoms with Gasteiger partial charge in [-0.05, 0) is 57.0 Å². The quantitative estimate of drug-likeness (QED) is 0.927. The molecule has 1 fully saturated rings. The number of rotatable bonds is 4. The van der Waals surface area contributed by atoms with Crippen molar-refractivity contribution in [3.05, 3.63) is 35.6 Å². The van der Waals surface area contributed by atoms with Crippen LogP contribution >= 0.6 is 12.4 Å². The van der Waals surface area contributed by atoms with Crippen molar-refractivity contribution in [2.75, 3.05) is 26.2 Å². The number of nitrogens with one attached hydrogen (secondary N) is 1. The smallest absolute Gasteiger partial charge is 0.289 e. The highest BCUT2D eigenvalue weighted by Gasteiger charge is 2.25. The number of hydrogen-bond donors (Lipinski definition) is 1. The topological polar surface area (TPSA) is 45.5 Å². The largest absolute Gasteiger partial charge is 0.451 e. The van der Waals surface area contributed by atoms with Gasteiger partial charge in [-0.1, -0.05) is 18.6 Å². The van der Waals surface area contributed by atoms with E-state index in [1.165, 1.54) is 5.56 Å². The van der Waals surface area contributed by atoms with Crippen LogP contribution < -0.4 is 5.32 Å². The van der Waals surface area contributed by atoms with Crippen LogP contribution in [0.5, 0.6) is 0 Å². The number of likely N-dealkylation sites (tertiary alicyclic amines) is 1. The number of furan rings is 1. The van der Waals surface area contributed by atoms with Gasteiger partial charge in [-0.25, -0.2) is 0 Å². The maximum atomic E-state index is 12.6. The molecular weight excluding hydrogens is 312 g/mol. The Hall–Kier alpha value is -1.52. The van der Waals surface area contributed by atoms with E-state index in [2.05, 4.69) is 18.3 Å². The number of piperidine rings is 1. The molecule has 4 nitrogen and oxygen atoms in total. The molecule has 5 heteroatoms. The second-order valence-corrected chi connectivity index (χ2v) is 6.20. The lowest BCUT2D eigenvalue weighted by molar-refractivity contribution is 0.0660. The molecule has 1 amide bonds. The first-order valence-corrected chi connectivity index (χ1v) is 8.17. The summed E-state index contributed by atoms with van der Waals surface area (Å²) >= 11 is 0.